The molecule has 0 amide bonds. The van der Waals surface area contributed by atoms with Crippen molar-refractivity contribution in [2.45, 2.75) is 91.1 Å². The number of carbonyl (C=O) groups excluding carboxylic acids is 1. The minimum Gasteiger partial charge on any atom is -0.481 e. The summed E-state index contributed by atoms with van der Waals surface area (Å²) in [4.78, 5) is 24.2. The number of ketones is 1. The average molecular weight is 391 g/mol. The van der Waals surface area contributed by atoms with Crippen molar-refractivity contribution in [3.8, 4) is 0 Å². The molecule has 28 heavy (non-hydrogen) atoms. The summed E-state index contributed by atoms with van der Waals surface area (Å²) in [6.45, 7) is 7.05. The van der Waals surface area contributed by atoms with Crippen molar-refractivity contribution in [2.24, 2.45) is 46.3 Å². The van der Waals surface area contributed by atoms with Crippen LogP contribution in [0.4, 0.5) is 0 Å². The Morgan fingerprint density at radius 2 is 1.79 bits per heavy atom. The Balaban J connectivity index is 1.55. The molecule has 2 N–H and O–H groups in total. The number of carbonyl (C=O) groups is 2. The summed E-state index contributed by atoms with van der Waals surface area (Å²) in [5.74, 6) is 2.54. The molecule has 0 unspecified atom stereocenters. The number of Topliss-reactive ketones (excluding diaryl/α,β-unsaturated/α-hetero) is 1. The van der Waals surface area contributed by atoms with Crippen LogP contribution >= 0.6 is 0 Å². The van der Waals surface area contributed by atoms with E-state index >= 15 is 0 Å². The quantitative estimate of drug-likeness (QED) is 0.730. The summed E-state index contributed by atoms with van der Waals surface area (Å²) in [5, 5.41) is 19.2. The second-order valence-corrected chi connectivity index (χ2v) is 11.2. The van der Waals surface area contributed by atoms with Gasteiger partial charge in [-0.2, -0.15) is 0 Å². The summed E-state index contributed by atoms with van der Waals surface area (Å²) in [7, 11) is 0. The van der Waals surface area contributed by atoms with Crippen molar-refractivity contribution in [2.75, 3.05) is 0 Å². The molecule has 0 aromatic carbocycles. The monoisotopic (exact) mass is 390 g/mol. The van der Waals surface area contributed by atoms with E-state index in [0.29, 0.717) is 48.2 Å². The molecule has 0 spiro atoms. The van der Waals surface area contributed by atoms with E-state index in [-0.39, 0.29) is 29.3 Å². The Labute approximate surface area is 169 Å². The fraction of sp³-hybridized carbons (Fsp3) is 0.917. The van der Waals surface area contributed by atoms with E-state index in [1.165, 1.54) is 25.7 Å². The Morgan fingerprint density at radius 3 is 2.50 bits per heavy atom. The zero-order valence-corrected chi connectivity index (χ0v) is 17.8. The number of carboxylic acid groups (broad SMARTS) is 1. The maximum Gasteiger partial charge on any atom is 0.303 e. The first-order chi connectivity index (χ1) is 13.2. The lowest BCUT2D eigenvalue weighted by atomic mass is 9.44. The van der Waals surface area contributed by atoms with Gasteiger partial charge in [-0.05, 0) is 91.8 Å². The number of fused-ring (bicyclic) bond motifs is 5. The molecule has 4 saturated carbocycles. The number of carboxylic acids is 1. The number of hydrogen-bond acceptors (Lipinski definition) is 3. The van der Waals surface area contributed by atoms with E-state index in [1.54, 1.807) is 0 Å². The largest absolute Gasteiger partial charge is 0.481 e. The zero-order valence-electron chi connectivity index (χ0n) is 17.8. The van der Waals surface area contributed by atoms with Crippen molar-refractivity contribution < 1.29 is 19.8 Å². The third-order valence-electron chi connectivity index (χ3n) is 10.0. The molecule has 0 aromatic heterocycles. The van der Waals surface area contributed by atoms with Crippen LogP contribution in [0.15, 0.2) is 0 Å². The van der Waals surface area contributed by atoms with E-state index in [1.807, 2.05) is 0 Å². The molecule has 0 saturated heterocycles. The lowest BCUT2D eigenvalue weighted by molar-refractivity contribution is -0.160. The predicted octanol–water partition coefficient (Wildman–Crippen LogP) is 4.69. The van der Waals surface area contributed by atoms with Gasteiger partial charge < -0.3 is 10.2 Å². The van der Waals surface area contributed by atoms with E-state index < -0.39 is 5.97 Å². The molecule has 4 fully saturated rings. The number of aliphatic hydroxyl groups excluding tert-OH is 1. The number of rotatable bonds is 4. The van der Waals surface area contributed by atoms with Crippen LogP contribution in [0.25, 0.3) is 0 Å². The van der Waals surface area contributed by atoms with Gasteiger partial charge in [-0.1, -0.05) is 20.8 Å². The molecule has 158 valence electrons. The maximum absolute atomic E-state index is 13.1. The highest BCUT2D eigenvalue weighted by Gasteiger charge is 2.62. The molecule has 4 aliphatic carbocycles. The van der Waals surface area contributed by atoms with E-state index in [4.69, 9.17) is 5.11 Å². The van der Waals surface area contributed by atoms with Gasteiger partial charge in [0.1, 0.15) is 5.78 Å². The van der Waals surface area contributed by atoms with Crippen molar-refractivity contribution >= 4 is 11.8 Å². The molecule has 0 heterocycles. The van der Waals surface area contributed by atoms with Crippen LogP contribution in [0.5, 0.6) is 0 Å². The van der Waals surface area contributed by atoms with Crippen LogP contribution in [0.1, 0.15) is 85.0 Å². The van der Waals surface area contributed by atoms with Gasteiger partial charge >= 0.3 is 5.97 Å². The van der Waals surface area contributed by atoms with Crippen molar-refractivity contribution in [1.82, 2.24) is 0 Å². The Kier molecular flexibility index (Phi) is 5.17. The Bertz CT molecular complexity index is 645. The highest BCUT2D eigenvalue weighted by atomic mass is 16.4. The topological polar surface area (TPSA) is 74.6 Å². The van der Waals surface area contributed by atoms with Crippen LogP contribution in [-0.2, 0) is 9.59 Å². The SMILES string of the molecule is C[C@@H](CCC(=O)O)[C@@H]1CC[C@@H]2[C@H]3CC(=O)[C@H]4C[C@@H](O)CC[C@@]4(C)[C@@H]3CC[C@]21C. The summed E-state index contributed by atoms with van der Waals surface area (Å²) in [5.41, 5.74) is 0.338. The molecule has 0 bridgehead atoms. The lowest BCUT2D eigenvalue weighted by Gasteiger charge is -2.60. The van der Waals surface area contributed by atoms with E-state index in [9.17, 15) is 14.7 Å². The molecule has 9 atom stereocenters. The minimum absolute atomic E-state index is 0.0635. The number of aliphatic hydroxyl groups is 1. The standard InChI is InChI=1S/C24H38O4/c1-14(4-7-22(27)28)17-5-6-18-16-13-21(26)20-12-15(25)8-10-24(20,3)19(16)9-11-23(17,18)2/h14-20,25H,4-13H2,1-3H3,(H,27,28)/t14-,15-,16+,17-,18+,19+,20+,23-,24-/m0/s1. The zero-order chi connectivity index (χ0) is 20.3. The van der Waals surface area contributed by atoms with Gasteiger partial charge in [-0.3, -0.25) is 9.59 Å². The highest BCUT2D eigenvalue weighted by molar-refractivity contribution is 5.83. The Hall–Kier alpha value is -0.900. The average Bonchev–Trinajstić information content (AvgIpc) is 2.99. The molecule has 0 radical (unpaired) electrons. The van der Waals surface area contributed by atoms with Crippen LogP contribution < -0.4 is 0 Å². The number of hydrogen-bond donors (Lipinski definition) is 2. The summed E-state index contributed by atoms with van der Waals surface area (Å²) >= 11 is 0. The second kappa shape index (κ2) is 7.11. The van der Waals surface area contributed by atoms with E-state index in [0.717, 1.165) is 19.3 Å². The van der Waals surface area contributed by atoms with Gasteiger partial charge in [0.05, 0.1) is 6.10 Å². The molecular formula is C24H38O4. The summed E-state index contributed by atoms with van der Waals surface area (Å²) in [6, 6.07) is 0. The van der Waals surface area contributed by atoms with Crippen LogP contribution in [0, 0.1) is 46.3 Å². The second-order valence-electron chi connectivity index (χ2n) is 11.2. The van der Waals surface area contributed by atoms with Crippen LogP contribution in [0.3, 0.4) is 0 Å². The maximum atomic E-state index is 13.1. The predicted molar refractivity (Wildman–Crippen MR) is 108 cm³/mol. The normalized spacial score (nSPS) is 49.1. The third kappa shape index (κ3) is 3.05. The van der Waals surface area contributed by atoms with Gasteiger partial charge in [0, 0.05) is 18.8 Å². The third-order valence-corrected chi connectivity index (χ3v) is 10.0. The molecular weight excluding hydrogens is 352 g/mol. The van der Waals surface area contributed by atoms with Gasteiger partial charge in [0.25, 0.3) is 0 Å². The first-order valence-electron chi connectivity index (χ1n) is 11.6. The minimum atomic E-state index is -0.688. The fourth-order valence-electron chi connectivity index (χ4n) is 8.55. The van der Waals surface area contributed by atoms with Crippen molar-refractivity contribution in [3.05, 3.63) is 0 Å². The molecule has 4 aliphatic rings. The van der Waals surface area contributed by atoms with Crippen molar-refractivity contribution in [3.63, 3.8) is 0 Å². The molecule has 4 rings (SSSR count). The smallest absolute Gasteiger partial charge is 0.303 e. The lowest BCUT2D eigenvalue weighted by Crippen LogP contribution is -2.57. The van der Waals surface area contributed by atoms with Gasteiger partial charge in [-0.15, -0.1) is 0 Å². The van der Waals surface area contributed by atoms with E-state index in [2.05, 4.69) is 20.8 Å². The first-order valence-corrected chi connectivity index (χ1v) is 11.6. The highest BCUT2D eigenvalue weighted by Crippen LogP contribution is 2.67. The molecule has 4 nitrogen and oxygen atoms in total. The summed E-state index contributed by atoms with van der Waals surface area (Å²) in [6.07, 6.45) is 8.80. The van der Waals surface area contributed by atoms with Gasteiger partial charge in [-0.25, -0.2) is 0 Å². The molecule has 0 aromatic rings. The number of aliphatic carboxylic acids is 1. The van der Waals surface area contributed by atoms with Crippen LogP contribution in [-0.4, -0.2) is 28.1 Å². The Morgan fingerprint density at radius 1 is 1.11 bits per heavy atom. The van der Waals surface area contributed by atoms with Gasteiger partial charge in [0.15, 0.2) is 0 Å². The molecule has 4 heteroatoms. The molecule has 0 aliphatic heterocycles. The first kappa shape index (κ1) is 20.4. The summed E-state index contributed by atoms with van der Waals surface area (Å²) < 4.78 is 0. The van der Waals surface area contributed by atoms with Crippen molar-refractivity contribution in [1.29, 1.82) is 0 Å². The fourth-order valence-corrected chi connectivity index (χ4v) is 8.55. The van der Waals surface area contributed by atoms with Gasteiger partial charge in [0.2, 0.25) is 0 Å². The van der Waals surface area contributed by atoms with Crippen LogP contribution in [0.2, 0.25) is 0 Å².